The molecule has 17 heavy (non-hydrogen) atoms. The van der Waals surface area contributed by atoms with Crippen molar-refractivity contribution in [2.75, 3.05) is 17.7 Å². The Morgan fingerprint density at radius 2 is 1.76 bits per heavy atom. The van der Waals surface area contributed by atoms with E-state index in [9.17, 15) is 0 Å². The summed E-state index contributed by atoms with van der Waals surface area (Å²) in [7, 11) is 0. The number of alkyl halides is 1. The first kappa shape index (κ1) is 12.3. The van der Waals surface area contributed by atoms with Gasteiger partial charge in [0, 0.05) is 28.7 Å². The molecule has 2 aromatic carbocycles. The fourth-order valence-electron chi connectivity index (χ4n) is 1.71. The number of nitrogens with one attached hydrogen (secondary N) is 1. The van der Waals surface area contributed by atoms with Crippen molar-refractivity contribution in [1.82, 2.24) is 0 Å². The molecule has 1 nitrogen and oxygen atoms in total. The molecule has 3 heteroatoms. The van der Waals surface area contributed by atoms with Crippen LogP contribution >= 0.6 is 23.2 Å². The molecule has 0 aromatic heterocycles. The molecule has 0 atom stereocenters. The second-order valence-corrected chi connectivity index (χ2v) is 4.49. The third-order valence-electron chi connectivity index (χ3n) is 2.48. The van der Waals surface area contributed by atoms with E-state index in [2.05, 4.69) is 17.4 Å². The summed E-state index contributed by atoms with van der Waals surface area (Å²) in [6, 6.07) is 16.1. The van der Waals surface area contributed by atoms with Gasteiger partial charge < -0.3 is 5.32 Å². The van der Waals surface area contributed by atoms with Crippen molar-refractivity contribution in [1.29, 1.82) is 0 Å². The first-order valence-corrected chi connectivity index (χ1v) is 6.37. The third-order valence-corrected chi connectivity index (χ3v) is 2.90. The lowest BCUT2D eigenvalue weighted by Crippen LogP contribution is -2.03. The van der Waals surface area contributed by atoms with Crippen molar-refractivity contribution in [3.63, 3.8) is 0 Å². The zero-order valence-corrected chi connectivity index (χ0v) is 10.8. The highest BCUT2D eigenvalue weighted by Gasteiger charge is 2.04. The van der Waals surface area contributed by atoms with E-state index in [1.807, 2.05) is 36.4 Å². The fraction of sp³-hybridized carbons (Fsp3) is 0.143. The van der Waals surface area contributed by atoms with Crippen molar-refractivity contribution < 1.29 is 0 Å². The van der Waals surface area contributed by atoms with Crippen molar-refractivity contribution in [3.8, 4) is 11.1 Å². The number of hydrogen-bond acceptors (Lipinski definition) is 1. The number of halogens is 2. The summed E-state index contributed by atoms with van der Waals surface area (Å²) in [5, 5.41) is 4.01. The molecular formula is C14H13Cl2N. The van der Waals surface area contributed by atoms with Crippen LogP contribution < -0.4 is 5.32 Å². The summed E-state index contributed by atoms with van der Waals surface area (Å²) < 4.78 is 0. The van der Waals surface area contributed by atoms with Crippen LogP contribution in [0.5, 0.6) is 0 Å². The second kappa shape index (κ2) is 5.95. The van der Waals surface area contributed by atoms with E-state index in [-0.39, 0.29) is 0 Å². The minimum absolute atomic E-state index is 0.570. The van der Waals surface area contributed by atoms with Gasteiger partial charge in [-0.1, -0.05) is 48.0 Å². The Balaban J connectivity index is 2.39. The maximum Gasteiger partial charge on any atom is 0.0435 e. The zero-order valence-electron chi connectivity index (χ0n) is 9.29. The first-order chi connectivity index (χ1) is 8.31. The van der Waals surface area contributed by atoms with Gasteiger partial charge in [-0.15, -0.1) is 11.6 Å². The summed E-state index contributed by atoms with van der Waals surface area (Å²) in [5.74, 6) is 0.570. The topological polar surface area (TPSA) is 12.0 Å². The second-order valence-electron chi connectivity index (χ2n) is 3.67. The van der Waals surface area contributed by atoms with Crippen LogP contribution in [0.2, 0.25) is 5.02 Å². The fourth-order valence-corrected chi connectivity index (χ4v) is 1.98. The minimum atomic E-state index is 0.570. The average Bonchev–Trinajstić information content (AvgIpc) is 2.37. The van der Waals surface area contributed by atoms with Crippen molar-refractivity contribution in [3.05, 3.63) is 53.6 Å². The molecule has 1 N–H and O–H groups in total. The Bertz CT molecular complexity index is 483. The van der Waals surface area contributed by atoms with E-state index in [0.717, 1.165) is 22.8 Å². The Morgan fingerprint density at radius 1 is 1.00 bits per heavy atom. The van der Waals surface area contributed by atoms with E-state index in [1.54, 1.807) is 0 Å². The highest BCUT2D eigenvalue weighted by atomic mass is 35.5. The zero-order chi connectivity index (χ0) is 12.1. The minimum Gasteiger partial charge on any atom is -0.383 e. The molecule has 0 spiro atoms. The summed E-state index contributed by atoms with van der Waals surface area (Å²) in [6.45, 7) is 0.724. The normalized spacial score (nSPS) is 10.2. The van der Waals surface area contributed by atoms with Crippen LogP contribution in [0.15, 0.2) is 48.5 Å². The Morgan fingerprint density at radius 3 is 2.47 bits per heavy atom. The van der Waals surface area contributed by atoms with Crippen LogP contribution in [0.25, 0.3) is 11.1 Å². The number of rotatable bonds is 4. The molecule has 2 rings (SSSR count). The van der Waals surface area contributed by atoms with Crippen molar-refractivity contribution in [2.45, 2.75) is 0 Å². The molecule has 0 saturated heterocycles. The van der Waals surface area contributed by atoms with Crippen LogP contribution in [0.1, 0.15) is 0 Å². The smallest absolute Gasteiger partial charge is 0.0435 e. The van der Waals surface area contributed by atoms with E-state index < -0.39 is 0 Å². The lowest BCUT2D eigenvalue weighted by atomic mass is 10.0. The maximum atomic E-state index is 6.01. The lowest BCUT2D eigenvalue weighted by Gasteiger charge is -2.11. The molecule has 0 saturated carbocycles. The molecule has 0 aliphatic rings. The van der Waals surface area contributed by atoms with Crippen LogP contribution in [0.4, 0.5) is 5.69 Å². The maximum absolute atomic E-state index is 6.01. The first-order valence-electron chi connectivity index (χ1n) is 5.46. The van der Waals surface area contributed by atoms with E-state index >= 15 is 0 Å². The van der Waals surface area contributed by atoms with Gasteiger partial charge in [0.05, 0.1) is 0 Å². The Kier molecular flexibility index (Phi) is 4.29. The van der Waals surface area contributed by atoms with Gasteiger partial charge in [0.15, 0.2) is 0 Å². The number of benzene rings is 2. The third kappa shape index (κ3) is 3.15. The number of hydrogen-bond donors (Lipinski definition) is 1. The van der Waals surface area contributed by atoms with E-state index in [4.69, 9.17) is 23.2 Å². The summed E-state index contributed by atoms with van der Waals surface area (Å²) in [5.41, 5.74) is 3.32. The Hall–Kier alpha value is -1.18. The average molecular weight is 266 g/mol. The highest BCUT2D eigenvalue weighted by molar-refractivity contribution is 6.31. The molecule has 0 amide bonds. The molecule has 0 unspecified atom stereocenters. The molecule has 0 aliphatic heterocycles. The molecule has 0 heterocycles. The molecular weight excluding hydrogens is 253 g/mol. The SMILES string of the molecule is ClCCNc1cc(Cl)ccc1-c1ccccc1. The molecule has 0 fully saturated rings. The quantitative estimate of drug-likeness (QED) is 0.794. The summed E-state index contributed by atoms with van der Waals surface area (Å²) in [4.78, 5) is 0. The van der Waals surface area contributed by atoms with Crippen molar-refractivity contribution >= 4 is 28.9 Å². The van der Waals surface area contributed by atoms with Gasteiger partial charge in [-0.2, -0.15) is 0 Å². The van der Waals surface area contributed by atoms with Crippen LogP contribution in [-0.4, -0.2) is 12.4 Å². The summed E-state index contributed by atoms with van der Waals surface area (Å²) >= 11 is 11.7. The van der Waals surface area contributed by atoms with Gasteiger partial charge in [-0.25, -0.2) is 0 Å². The lowest BCUT2D eigenvalue weighted by molar-refractivity contribution is 1.22. The van der Waals surface area contributed by atoms with Crippen molar-refractivity contribution in [2.24, 2.45) is 0 Å². The van der Waals surface area contributed by atoms with Gasteiger partial charge in [0.25, 0.3) is 0 Å². The monoisotopic (exact) mass is 265 g/mol. The predicted octanol–water partition coefficient (Wildman–Crippen LogP) is 4.66. The van der Waals surface area contributed by atoms with E-state index in [1.165, 1.54) is 5.56 Å². The molecule has 88 valence electrons. The molecule has 0 bridgehead atoms. The van der Waals surface area contributed by atoms with Gasteiger partial charge in [0.1, 0.15) is 0 Å². The van der Waals surface area contributed by atoms with E-state index in [0.29, 0.717) is 5.88 Å². The van der Waals surface area contributed by atoms with Gasteiger partial charge in [-0.05, 0) is 17.7 Å². The molecule has 2 aromatic rings. The standard InChI is InChI=1S/C14H13Cl2N/c15-8-9-17-14-10-12(16)6-7-13(14)11-4-2-1-3-5-11/h1-7,10,17H,8-9H2. The van der Waals surface area contributed by atoms with Gasteiger partial charge in [-0.3, -0.25) is 0 Å². The summed E-state index contributed by atoms with van der Waals surface area (Å²) in [6.07, 6.45) is 0. The largest absolute Gasteiger partial charge is 0.383 e. The van der Waals surface area contributed by atoms with Gasteiger partial charge >= 0.3 is 0 Å². The van der Waals surface area contributed by atoms with Crippen LogP contribution in [0, 0.1) is 0 Å². The predicted molar refractivity (Wildman–Crippen MR) is 76.1 cm³/mol. The molecule has 0 aliphatic carbocycles. The highest BCUT2D eigenvalue weighted by Crippen LogP contribution is 2.30. The Labute approximate surface area is 111 Å². The number of anilines is 1. The van der Waals surface area contributed by atoms with Crippen LogP contribution in [0.3, 0.4) is 0 Å². The molecule has 0 radical (unpaired) electrons. The van der Waals surface area contributed by atoms with Crippen LogP contribution in [-0.2, 0) is 0 Å². The van der Waals surface area contributed by atoms with Gasteiger partial charge in [0.2, 0.25) is 0 Å².